The second-order valence-corrected chi connectivity index (χ2v) is 5.72. The minimum absolute atomic E-state index is 0.0397. The van der Waals surface area contributed by atoms with Gasteiger partial charge < -0.3 is 16.0 Å². The monoisotopic (exact) mass is 289 g/mol. The molecule has 1 saturated heterocycles. The first-order valence-electron chi connectivity index (χ1n) is 7.49. The van der Waals surface area contributed by atoms with E-state index in [2.05, 4.69) is 16.0 Å². The molecule has 114 valence electrons. The van der Waals surface area contributed by atoms with Crippen molar-refractivity contribution in [3.63, 3.8) is 0 Å². The average Bonchev–Trinajstić information content (AvgIpc) is 2.47. The van der Waals surface area contributed by atoms with Crippen LogP contribution in [0.3, 0.4) is 0 Å². The summed E-state index contributed by atoms with van der Waals surface area (Å²) in [6.07, 6.45) is 1.72. The Morgan fingerprint density at radius 2 is 1.95 bits per heavy atom. The van der Waals surface area contributed by atoms with Gasteiger partial charge in [0.15, 0.2) is 0 Å². The van der Waals surface area contributed by atoms with Crippen LogP contribution < -0.4 is 16.0 Å². The Bertz CT molecular complexity index is 508. The van der Waals surface area contributed by atoms with E-state index < -0.39 is 0 Å². The highest BCUT2D eigenvalue weighted by Gasteiger charge is 2.21. The Kier molecular flexibility index (Phi) is 5.33. The van der Waals surface area contributed by atoms with Crippen molar-refractivity contribution >= 4 is 17.5 Å². The minimum atomic E-state index is -0.122. The number of anilines is 1. The summed E-state index contributed by atoms with van der Waals surface area (Å²) in [7, 11) is 0. The van der Waals surface area contributed by atoms with Crippen molar-refractivity contribution < 1.29 is 9.59 Å². The van der Waals surface area contributed by atoms with Gasteiger partial charge in [0.2, 0.25) is 5.91 Å². The van der Waals surface area contributed by atoms with E-state index in [4.69, 9.17) is 0 Å². The van der Waals surface area contributed by atoms with Gasteiger partial charge in [0.1, 0.15) is 0 Å². The number of carbonyl (C=O) groups is 2. The molecule has 0 atom stereocenters. The van der Waals surface area contributed by atoms with Crippen molar-refractivity contribution in [1.82, 2.24) is 10.6 Å². The number of carbonyl (C=O) groups excluding carboxylic acids is 2. The predicted molar refractivity (Wildman–Crippen MR) is 83.3 cm³/mol. The number of nitrogens with one attached hydrogen (secondary N) is 3. The number of benzene rings is 1. The average molecular weight is 289 g/mol. The fourth-order valence-corrected chi connectivity index (χ4v) is 2.41. The normalized spacial score (nSPS) is 15.8. The molecule has 0 aliphatic carbocycles. The first-order chi connectivity index (χ1) is 10.1. The van der Waals surface area contributed by atoms with E-state index in [0.29, 0.717) is 11.3 Å². The second kappa shape index (κ2) is 7.22. The van der Waals surface area contributed by atoms with Gasteiger partial charge in [0, 0.05) is 23.2 Å². The summed E-state index contributed by atoms with van der Waals surface area (Å²) in [5.41, 5.74) is 1.24. The molecule has 0 unspecified atom stereocenters. The highest BCUT2D eigenvalue weighted by atomic mass is 16.2. The topological polar surface area (TPSA) is 70.2 Å². The van der Waals surface area contributed by atoms with Crippen LogP contribution in [0.1, 0.15) is 37.0 Å². The quantitative estimate of drug-likeness (QED) is 0.791. The molecule has 5 nitrogen and oxygen atoms in total. The van der Waals surface area contributed by atoms with E-state index in [-0.39, 0.29) is 23.8 Å². The Morgan fingerprint density at radius 3 is 2.62 bits per heavy atom. The highest BCUT2D eigenvalue weighted by Crippen LogP contribution is 2.16. The second-order valence-electron chi connectivity index (χ2n) is 5.72. The molecule has 21 heavy (non-hydrogen) atoms. The summed E-state index contributed by atoms with van der Waals surface area (Å²) in [6.45, 7) is 5.60. The molecule has 2 amide bonds. The molecule has 3 N–H and O–H groups in total. The van der Waals surface area contributed by atoms with Crippen LogP contribution in [-0.4, -0.2) is 30.9 Å². The maximum absolute atomic E-state index is 12.2. The van der Waals surface area contributed by atoms with Crippen LogP contribution in [0.25, 0.3) is 0 Å². The van der Waals surface area contributed by atoms with Crippen LogP contribution in [0.5, 0.6) is 0 Å². The molecule has 1 aliphatic rings. The van der Waals surface area contributed by atoms with Crippen molar-refractivity contribution in [2.24, 2.45) is 5.92 Å². The Labute approximate surface area is 125 Å². The van der Waals surface area contributed by atoms with E-state index in [1.54, 1.807) is 18.2 Å². The molecule has 5 heteroatoms. The van der Waals surface area contributed by atoms with Gasteiger partial charge in [-0.15, -0.1) is 0 Å². The van der Waals surface area contributed by atoms with Gasteiger partial charge in [-0.05, 0) is 58.0 Å². The van der Waals surface area contributed by atoms with Crippen molar-refractivity contribution in [1.29, 1.82) is 0 Å². The number of hydrogen-bond acceptors (Lipinski definition) is 3. The molecule has 2 rings (SSSR count). The van der Waals surface area contributed by atoms with Crippen LogP contribution in [0.2, 0.25) is 0 Å². The molecule has 0 aromatic heterocycles. The van der Waals surface area contributed by atoms with Crippen molar-refractivity contribution in [2.75, 3.05) is 18.4 Å². The van der Waals surface area contributed by atoms with Crippen molar-refractivity contribution in [3.05, 3.63) is 29.8 Å². The zero-order chi connectivity index (χ0) is 15.2. The Morgan fingerprint density at radius 1 is 1.24 bits per heavy atom. The van der Waals surface area contributed by atoms with E-state index in [9.17, 15) is 9.59 Å². The van der Waals surface area contributed by atoms with Crippen LogP contribution in [0, 0.1) is 5.92 Å². The maximum Gasteiger partial charge on any atom is 0.251 e. The van der Waals surface area contributed by atoms with Gasteiger partial charge in [-0.3, -0.25) is 9.59 Å². The summed E-state index contributed by atoms with van der Waals surface area (Å²) in [6, 6.07) is 7.15. The minimum Gasteiger partial charge on any atom is -0.350 e. The standard InChI is InChI=1S/C16H23N3O2/c1-11(2)18-16(21)13-4-3-5-14(10-13)19-15(20)12-6-8-17-9-7-12/h3-5,10-12,17H,6-9H2,1-2H3,(H,18,21)(H,19,20). The fourth-order valence-electron chi connectivity index (χ4n) is 2.41. The van der Waals surface area contributed by atoms with Gasteiger partial charge >= 0.3 is 0 Å². The lowest BCUT2D eigenvalue weighted by Gasteiger charge is -2.21. The Balaban J connectivity index is 2.00. The lowest BCUT2D eigenvalue weighted by Crippen LogP contribution is -2.34. The number of amides is 2. The third-order valence-electron chi connectivity index (χ3n) is 3.52. The Hall–Kier alpha value is -1.88. The summed E-state index contributed by atoms with van der Waals surface area (Å²) >= 11 is 0. The van der Waals surface area contributed by atoms with Crippen LogP contribution in [-0.2, 0) is 4.79 Å². The summed E-state index contributed by atoms with van der Waals surface area (Å²) in [5, 5.41) is 9.00. The van der Waals surface area contributed by atoms with Gasteiger partial charge in [0.05, 0.1) is 0 Å². The smallest absolute Gasteiger partial charge is 0.251 e. The maximum atomic E-state index is 12.2. The molecular weight excluding hydrogens is 266 g/mol. The third-order valence-corrected chi connectivity index (χ3v) is 3.52. The summed E-state index contributed by atoms with van der Waals surface area (Å²) < 4.78 is 0. The van der Waals surface area contributed by atoms with E-state index in [1.165, 1.54) is 0 Å². The number of hydrogen-bond donors (Lipinski definition) is 3. The first kappa shape index (κ1) is 15.5. The van der Waals surface area contributed by atoms with E-state index >= 15 is 0 Å². The predicted octanol–water partition coefficient (Wildman–Crippen LogP) is 1.76. The van der Waals surface area contributed by atoms with Crippen LogP contribution in [0.4, 0.5) is 5.69 Å². The van der Waals surface area contributed by atoms with E-state index in [0.717, 1.165) is 25.9 Å². The zero-order valence-electron chi connectivity index (χ0n) is 12.6. The molecule has 1 aliphatic heterocycles. The molecule has 1 aromatic carbocycles. The first-order valence-corrected chi connectivity index (χ1v) is 7.49. The largest absolute Gasteiger partial charge is 0.350 e. The molecule has 0 radical (unpaired) electrons. The number of rotatable bonds is 4. The SMILES string of the molecule is CC(C)NC(=O)c1cccc(NC(=O)C2CCNCC2)c1. The lowest BCUT2D eigenvalue weighted by molar-refractivity contribution is -0.120. The lowest BCUT2D eigenvalue weighted by atomic mass is 9.97. The summed E-state index contributed by atoms with van der Waals surface area (Å²) in [4.78, 5) is 24.1. The molecule has 1 fully saturated rings. The van der Waals surface area contributed by atoms with E-state index in [1.807, 2.05) is 19.9 Å². The molecule has 0 saturated carbocycles. The number of piperidine rings is 1. The van der Waals surface area contributed by atoms with Gasteiger partial charge in [-0.2, -0.15) is 0 Å². The van der Waals surface area contributed by atoms with Crippen LogP contribution in [0.15, 0.2) is 24.3 Å². The molecule has 0 spiro atoms. The molecular formula is C16H23N3O2. The fraction of sp³-hybridized carbons (Fsp3) is 0.500. The van der Waals surface area contributed by atoms with Crippen molar-refractivity contribution in [2.45, 2.75) is 32.7 Å². The zero-order valence-corrected chi connectivity index (χ0v) is 12.6. The van der Waals surface area contributed by atoms with Gasteiger partial charge in [-0.25, -0.2) is 0 Å². The third kappa shape index (κ3) is 4.56. The summed E-state index contributed by atoms with van der Waals surface area (Å²) in [5.74, 6) is -0.0275. The van der Waals surface area contributed by atoms with Crippen molar-refractivity contribution in [3.8, 4) is 0 Å². The molecule has 0 bridgehead atoms. The highest BCUT2D eigenvalue weighted by molar-refractivity contribution is 5.97. The molecule has 1 heterocycles. The van der Waals surface area contributed by atoms with Crippen LogP contribution >= 0.6 is 0 Å². The molecule has 1 aromatic rings. The van der Waals surface area contributed by atoms with Gasteiger partial charge in [-0.1, -0.05) is 6.07 Å². The van der Waals surface area contributed by atoms with Gasteiger partial charge in [0.25, 0.3) is 5.91 Å².